The molecule has 5 nitrogen and oxygen atoms in total. The Hall–Kier alpha value is -3.65. The summed E-state index contributed by atoms with van der Waals surface area (Å²) >= 11 is 0. The molecule has 120 valence electrons. The molecule has 25 heavy (non-hydrogen) atoms. The third-order valence-electron chi connectivity index (χ3n) is 4.32. The first-order valence-electron chi connectivity index (χ1n) is 7.81. The number of benzene rings is 2. The van der Waals surface area contributed by atoms with E-state index in [0.29, 0.717) is 22.6 Å². The van der Waals surface area contributed by atoms with Gasteiger partial charge in [-0.25, -0.2) is 4.98 Å². The lowest BCUT2D eigenvalue weighted by molar-refractivity contribution is 0.103. The third kappa shape index (κ3) is 2.24. The van der Waals surface area contributed by atoms with Crippen LogP contribution in [-0.2, 0) is 0 Å². The van der Waals surface area contributed by atoms with E-state index >= 15 is 0 Å². The van der Waals surface area contributed by atoms with E-state index in [-0.39, 0.29) is 11.3 Å². The summed E-state index contributed by atoms with van der Waals surface area (Å²) in [6.07, 6.45) is 1.67. The minimum Gasteiger partial charge on any atom is -0.383 e. The molecule has 0 saturated heterocycles. The number of hydrogen-bond acceptors (Lipinski definition) is 4. The van der Waals surface area contributed by atoms with Crippen LogP contribution in [0.1, 0.15) is 27.0 Å². The van der Waals surface area contributed by atoms with Crippen molar-refractivity contribution < 1.29 is 4.79 Å². The maximum absolute atomic E-state index is 12.9. The number of hydrogen-bond donors (Lipinski definition) is 1. The number of nitriles is 1. The molecule has 0 aliphatic carbocycles. The lowest BCUT2D eigenvalue weighted by atomic mass is 10.0. The summed E-state index contributed by atoms with van der Waals surface area (Å²) in [5.74, 6) is 0.136. The number of carbonyl (C=O) groups is 1. The van der Waals surface area contributed by atoms with E-state index in [9.17, 15) is 10.1 Å². The number of aryl methyl sites for hydroxylation is 1. The van der Waals surface area contributed by atoms with Gasteiger partial charge in [-0.15, -0.1) is 0 Å². The molecule has 0 aliphatic rings. The van der Waals surface area contributed by atoms with Crippen molar-refractivity contribution in [3.05, 3.63) is 77.0 Å². The summed E-state index contributed by atoms with van der Waals surface area (Å²) in [6.45, 7) is 1.96. The molecule has 0 bridgehead atoms. The summed E-state index contributed by atoms with van der Waals surface area (Å²) in [5.41, 5.74) is 9.42. The number of anilines is 1. The fourth-order valence-electron chi connectivity index (χ4n) is 3.01. The van der Waals surface area contributed by atoms with Crippen molar-refractivity contribution in [1.29, 1.82) is 5.26 Å². The minimum atomic E-state index is -0.204. The number of para-hydroxylation sites is 1. The number of nitrogens with two attached hydrogens (primary N) is 1. The second-order valence-electron chi connectivity index (χ2n) is 5.93. The highest BCUT2D eigenvalue weighted by atomic mass is 16.1. The van der Waals surface area contributed by atoms with Crippen molar-refractivity contribution in [2.45, 2.75) is 6.92 Å². The van der Waals surface area contributed by atoms with E-state index in [4.69, 9.17) is 5.73 Å². The molecule has 0 saturated carbocycles. The maximum atomic E-state index is 12.9. The van der Waals surface area contributed by atoms with Gasteiger partial charge >= 0.3 is 0 Å². The second-order valence-corrected chi connectivity index (χ2v) is 5.93. The summed E-state index contributed by atoms with van der Waals surface area (Å²) < 4.78 is 1.76. The SMILES string of the molecule is Cc1ccc(C(=O)c2cn3c(nc(N)c4ccccc43)c2C#N)cc1. The maximum Gasteiger partial charge on any atom is 0.195 e. The zero-order valence-corrected chi connectivity index (χ0v) is 13.5. The van der Waals surface area contributed by atoms with Gasteiger partial charge in [0.25, 0.3) is 0 Å². The van der Waals surface area contributed by atoms with E-state index in [2.05, 4.69) is 11.1 Å². The Labute approximate surface area is 143 Å². The van der Waals surface area contributed by atoms with Gasteiger partial charge in [-0.1, -0.05) is 42.0 Å². The molecule has 2 aromatic heterocycles. The summed E-state index contributed by atoms with van der Waals surface area (Å²) in [6, 6.07) is 16.9. The number of aromatic nitrogens is 2. The van der Waals surface area contributed by atoms with Crippen molar-refractivity contribution in [3.8, 4) is 6.07 Å². The molecule has 2 heterocycles. The van der Waals surface area contributed by atoms with Crippen LogP contribution in [0.5, 0.6) is 0 Å². The van der Waals surface area contributed by atoms with Crippen LogP contribution in [0.2, 0.25) is 0 Å². The fourth-order valence-corrected chi connectivity index (χ4v) is 3.01. The van der Waals surface area contributed by atoms with Gasteiger partial charge in [-0.05, 0) is 19.1 Å². The number of rotatable bonds is 2. The highest BCUT2D eigenvalue weighted by molar-refractivity contribution is 6.12. The largest absolute Gasteiger partial charge is 0.383 e. The molecule has 0 spiro atoms. The molecular formula is C20H14N4O. The summed E-state index contributed by atoms with van der Waals surface area (Å²) in [5, 5.41) is 10.4. The molecule has 0 amide bonds. The number of nitrogen functional groups attached to an aromatic ring is 1. The first-order valence-corrected chi connectivity index (χ1v) is 7.81. The molecule has 2 N–H and O–H groups in total. The number of nitrogens with zero attached hydrogens (tertiary/aromatic N) is 3. The Bertz CT molecular complexity index is 1180. The molecular weight excluding hydrogens is 312 g/mol. The minimum absolute atomic E-state index is 0.204. The van der Waals surface area contributed by atoms with E-state index in [1.807, 2.05) is 43.3 Å². The van der Waals surface area contributed by atoms with Gasteiger partial charge in [0.05, 0.1) is 11.1 Å². The average molecular weight is 326 g/mol. The van der Waals surface area contributed by atoms with Crippen LogP contribution in [-0.4, -0.2) is 15.2 Å². The Kier molecular flexibility index (Phi) is 3.26. The van der Waals surface area contributed by atoms with E-state index < -0.39 is 0 Å². The van der Waals surface area contributed by atoms with Gasteiger partial charge < -0.3 is 5.73 Å². The molecule has 0 aliphatic heterocycles. The smallest absolute Gasteiger partial charge is 0.195 e. The second kappa shape index (κ2) is 5.46. The monoisotopic (exact) mass is 326 g/mol. The van der Waals surface area contributed by atoms with Crippen LogP contribution in [0, 0.1) is 18.3 Å². The Morgan fingerprint density at radius 1 is 1.16 bits per heavy atom. The van der Waals surface area contributed by atoms with Crippen LogP contribution in [0.15, 0.2) is 54.7 Å². The lowest BCUT2D eigenvalue weighted by Crippen LogP contribution is -2.02. The van der Waals surface area contributed by atoms with Gasteiger partial charge in [-0.3, -0.25) is 9.20 Å². The highest BCUT2D eigenvalue weighted by Crippen LogP contribution is 2.27. The average Bonchev–Trinajstić information content (AvgIpc) is 3.00. The van der Waals surface area contributed by atoms with Crippen LogP contribution in [0.25, 0.3) is 16.6 Å². The number of carbonyl (C=O) groups excluding carboxylic acids is 1. The summed E-state index contributed by atoms with van der Waals surface area (Å²) in [7, 11) is 0. The van der Waals surface area contributed by atoms with E-state index in [0.717, 1.165) is 16.5 Å². The van der Waals surface area contributed by atoms with Crippen molar-refractivity contribution >= 4 is 28.2 Å². The molecule has 0 atom stereocenters. The van der Waals surface area contributed by atoms with Crippen molar-refractivity contribution in [3.63, 3.8) is 0 Å². The molecule has 0 fully saturated rings. The standard InChI is InChI=1S/C20H14N4O/c1-12-6-8-13(9-7-12)18(25)16-11-24-17-5-3-2-4-14(17)19(22)23-20(24)15(16)10-21/h2-9,11H,1H3,(H2,22,23). The first kappa shape index (κ1) is 14.9. The van der Waals surface area contributed by atoms with Crippen molar-refractivity contribution in [1.82, 2.24) is 9.38 Å². The predicted molar refractivity (Wildman–Crippen MR) is 96.4 cm³/mol. The third-order valence-corrected chi connectivity index (χ3v) is 4.32. The highest BCUT2D eigenvalue weighted by Gasteiger charge is 2.21. The van der Waals surface area contributed by atoms with E-state index in [1.165, 1.54) is 0 Å². The zero-order chi connectivity index (χ0) is 17.6. The number of ketones is 1. The number of fused-ring (bicyclic) bond motifs is 3. The molecule has 0 unspecified atom stereocenters. The first-order chi connectivity index (χ1) is 12.1. The van der Waals surface area contributed by atoms with Crippen LogP contribution < -0.4 is 5.73 Å². The quantitative estimate of drug-likeness (QED) is 0.572. The van der Waals surface area contributed by atoms with Gasteiger partial charge in [0, 0.05) is 17.1 Å². The molecule has 0 radical (unpaired) electrons. The Balaban J connectivity index is 2.02. The zero-order valence-electron chi connectivity index (χ0n) is 13.5. The fraction of sp³-hybridized carbons (Fsp3) is 0.0500. The van der Waals surface area contributed by atoms with Gasteiger partial charge in [0.15, 0.2) is 11.4 Å². The predicted octanol–water partition coefficient (Wildman–Crippen LogP) is 3.48. The van der Waals surface area contributed by atoms with Crippen LogP contribution >= 0.6 is 0 Å². The normalized spacial score (nSPS) is 10.9. The van der Waals surface area contributed by atoms with Crippen LogP contribution in [0.3, 0.4) is 0 Å². The molecule has 4 rings (SSSR count). The Morgan fingerprint density at radius 3 is 2.60 bits per heavy atom. The Morgan fingerprint density at radius 2 is 1.88 bits per heavy atom. The molecule has 5 heteroatoms. The van der Waals surface area contributed by atoms with Gasteiger partial charge in [0.1, 0.15) is 17.5 Å². The van der Waals surface area contributed by atoms with Gasteiger partial charge in [0.2, 0.25) is 0 Å². The lowest BCUT2D eigenvalue weighted by Gasteiger charge is -2.04. The van der Waals surface area contributed by atoms with E-state index in [1.54, 1.807) is 22.7 Å². The molecule has 2 aromatic carbocycles. The topological polar surface area (TPSA) is 84.2 Å². The van der Waals surface area contributed by atoms with Crippen LogP contribution in [0.4, 0.5) is 5.82 Å². The van der Waals surface area contributed by atoms with Crippen molar-refractivity contribution in [2.75, 3.05) is 5.73 Å². The summed E-state index contributed by atoms with van der Waals surface area (Å²) in [4.78, 5) is 17.3. The van der Waals surface area contributed by atoms with Crippen molar-refractivity contribution in [2.24, 2.45) is 0 Å². The molecule has 4 aromatic rings. The van der Waals surface area contributed by atoms with Gasteiger partial charge in [-0.2, -0.15) is 5.26 Å².